The van der Waals surface area contributed by atoms with Gasteiger partial charge in [-0.25, -0.2) is 0 Å². The van der Waals surface area contributed by atoms with Crippen molar-refractivity contribution in [2.45, 2.75) is 32.4 Å². The molecule has 0 saturated carbocycles. The van der Waals surface area contributed by atoms with E-state index in [1.807, 2.05) is 13.8 Å². The van der Waals surface area contributed by atoms with Crippen LogP contribution in [0.2, 0.25) is 5.28 Å². The second-order valence-corrected chi connectivity index (χ2v) is 4.72. The number of aliphatic hydroxyl groups is 2. The molecule has 0 saturated heterocycles. The Bertz CT molecular complexity index is 399. The molecular formula is C10H17ClN4O3. The maximum atomic E-state index is 9.17. The molecule has 0 aromatic carbocycles. The van der Waals surface area contributed by atoms with Gasteiger partial charge in [0.25, 0.3) is 0 Å². The minimum atomic E-state index is -0.945. The number of rotatable bonds is 6. The van der Waals surface area contributed by atoms with Crippen LogP contribution in [0.5, 0.6) is 6.01 Å². The van der Waals surface area contributed by atoms with Crippen LogP contribution in [0.4, 0.5) is 5.95 Å². The third-order valence-electron chi connectivity index (χ3n) is 2.04. The molecule has 0 aliphatic carbocycles. The van der Waals surface area contributed by atoms with E-state index in [-0.39, 0.29) is 36.6 Å². The number of ether oxygens (including phenoxy) is 1. The van der Waals surface area contributed by atoms with Gasteiger partial charge in [0.05, 0.1) is 24.9 Å². The van der Waals surface area contributed by atoms with Gasteiger partial charge in [-0.3, -0.25) is 0 Å². The third-order valence-corrected chi connectivity index (χ3v) is 2.21. The summed E-state index contributed by atoms with van der Waals surface area (Å²) in [6.07, 6.45) is -0.0987. The normalized spacial score (nSPS) is 11.7. The van der Waals surface area contributed by atoms with E-state index in [0.29, 0.717) is 0 Å². The quantitative estimate of drug-likeness (QED) is 0.694. The molecule has 8 heteroatoms. The zero-order valence-corrected chi connectivity index (χ0v) is 11.3. The molecule has 102 valence electrons. The summed E-state index contributed by atoms with van der Waals surface area (Å²) < 4.78 is 5.31. The van der Waals surface area contributed by atoms with Gasteiger partial charge in [-0.2, -0.15) is 15.0 Å². The first kappa shape index (κ1) is 14.9. The van der Waals surface area contributed by atoms with Crippen molar-refractivity contribution in [1.82, 2.24) is 15.0 Å². The van der Waals surface area contributed by atoms with Crippen LogP contribution in [-0.4, -0.2) is 50.0 Å². The number of hydrogen-bond donors (Lipinski definition) is 3. The number of anilines is 1. The standard InChI is InChI=1S/C10H17ClN4O3/c1-6(2)18-9-13-7(11)12-8(14-9)15-10(3,4-16)5-17/h6,16-17H,4-5H2,1-3H3,(H,12,13,14,15). The summed E-state index contributed by atoms with van der Waals surface area (Å²) in [4.78, 5) is 11.7. The van der Waals surface area contributed by atoms with Crippen molar-refractivity contribution in [2.75, 3.05) is 18.5 Å². The summed E-state index contributed by atoms with van der Waals surface area (Å²) in [6, 6.07) is 0.0886. The van der Waals surface area contributed by atoms with Crippen molar-refractivity contribution < 1.29 is 14.9 Å². The predicted molar refractivity (Wildman–Crippen MR) is 66.8 cm³/mol. The SMILES string of the molecule is CC(C)Oc1nc(Cl)nc(NC(C)(CO)CO)n1. The van der Waals surface area contributed by atoms with Gasteiger partial charge in [0.15, 0.2) is 0 Å². The van der Waals surface area contributed by atoms with Gasteiger partial charge >= 0.3 is 6.01 Å². The molecule has 0 fully saturated rings. The zero-order valence-electron chi connectivity index (χ0n) is 10.5. The summed E-state index contributed by atoms with van der Waals surface area (Å²) in [5, 5.41) is 21.1. The lowest BCUT2D eigenvalue weighted by molar-refractivity contribution is 0.146. The Kier molecular flexibility index (Phi) is 5.06. The van der Waals surface area contributed by atoms with Gasteiger partial charge in [-0.05, 0) is 32.4 Å². The van der Waals surface area contributed by atoms with Gasteiger partial charge in [0.2, 0.25) is 11.2 Å². The van der Waals surface area contributed by atoms with Crippen LogP contribution in [0.25, 0.3) is 0 Å². The highest BCUT2D eigenvalue weighted by Crippen LogP contribution is 2.16. The van der Waals surface area contributed by atoms with E-state index in [1.54, 1.807) is 6.92 Å². The van der Waals surface area contributed by atoms with Crippen molar-refractivity contribution in [3.63, 3.8) is 0 Å². The minimum absolute atomic E-state index is 0.0265. The topological polar surface area (TPSA) is 100 Å². The summed E-state index contributed by atoms with van der Waals surface area (Å²) in [5.74, 6) is 0.135. The maximum Gasteiger partial charge on any atom is 0.322 e. The molecule has 1 aromatic rings. The molecular weight excluding hydrogens is 260 g/mol. The van der Waals surface area contributed by atoms with E-state index in [2.05, 4.69) is 20.3 Å². The molecule has 0 atom stereocenters. The highest BCUT2D eigenvalue weighted by atomic mass is 35.5. The predicted octanol–water partition coefficient (Wildman–Crippen LogP) is 0.467. The molecule has 1 heterocycles. The van der Waals surface area contributed by atoms with E-state index in [4.69, 9.17) is 16.3 Å². The van der Waals surface area contributed by atoms with E-state index in [0.717, 1.165) is 0 Å². The highest BCUT2D eigenvalue weighted by molar-refractivity contribution is 6.28. The molecule has 0 aliphatic heterocycles. The number of halogens is 1. The minimum Gasteiger partial charge on any atom is -0.461 e. The molecule has 1 aromatic heterocycles. The van der Waals surface area contributed by atoms with Crippen molar-refractivity contribution in [3.05, 3.63) is 5.28 Å². The van der Waals surface area contributed by atoms with Gasteiger partial charge in [0.1, 0.15) is 0 Å². The fraction of sp³-hybridized carbons (Fsp3) is 0.700. The Morgan fingerprint density at radius 1 is 1.28 bits per heavy atom. The number of aromatic nitrogens is 3. The fourth-order valence-electron chi connectivity index (χ4n) is 1.05. The lowest BCUT2D eigenvalue weighted by atomic mass is 10.1. The van der Waals surface area contributed by atoms with Gasteiger partial charge in [-0.15, -0.1) is 0 Å². The Morgan fingerprint density at radius 2 is 1.89 bits per heavy atom. The second-order valence-electron chi connectivity index (χ2n) is 4.38. The number of nitrogens with one attached hydrogen (secondary N) is 1. The molecule has 18 heavy (non-hydrogen) atoms. The zero-order chi connectivity index (χ0) is 13.8. The van der Waals surface area contributed by atoms with Gasteiger partial charge < -0.3 is 20.3 Å². The van der Waals surface area contributed by atoms with Crippen molar-refractivity contribution in [1.29, 1.82) is 0 Å². The average Bonchev–Trinajstić information content (AvgIpc) is 2.27. The molecule has 0 aliphatic rings. The molecule has 0 amide bonds. The molecule has 0 bridgehead atoms. The van der Waals surface area contributed by atoms with Crippen LogP contribution in [0, 0.1) is 0 Å². The fourth-order valence-corrected chi connectivity index (χ4v) is 1.20. The van der Waals surface area contributed by atoms with Gasteiger partial charge in [0, 0.05) is 0 Å². The molecule has 0 spiro atoms. The molecule has 0 radical (unpaired) electrons. The van der Waals surface area contributed by atoms with E-state index < -0.39 is 5.54 Å². The van der Waals surface area contributed by atoms with E-state index >= 15 is 0 Å². The summed E-state index contributed by atoms with van der Waals surface area (Å²) >= 11 is 5.74. The van der Waals surface area contributed by atoms with Crippen LogP contribution < -0.4 is 10.1 Å². The van der Waals surface area contributed by atoms with Crippen molar-refractivity contribution in [2.24, 2.45) is 0 Å². The molecule has 1 rings (SSSR count). The Labute approximate surface area is 110 Å². The average molecular weight is 277 g/mol. The van der Waals surface area contributed by atoms with Crippen LogP contribution >= 0.6 is 11.6 Å². The lowest BCUT2D eigenvalue weighted by Crippen LogP contribution is -2.43. The smallest absolute Gasteiger partial charge is 0.322 e. The molecule has 3 N–H and O–H groups in total. The van der Waals surface area contributed by atoms with Crippen molar-refractivity contribution >= 4 is 17.5 Å². The first-order valence-corrected chi connectivity index (χ1v) is 5.84. The summed E-state index contributed by atoms with van der Waals surface area (Å²) in [7, 11) is 0. The lowest BCUT2D eigenvalue weighted by Gasteiger charge is -2.26. The van der Waals surface area contributed by atoms with Crippen LogP contribution in [0.15, 0.2) is 0 Å². The summed E-state index contributed by atoms with van der Waals surface area (Å²) in [6.45, 7) is 4.71. The van der Waals surface area contributed by atoms with Crippen LogP contribution in [-0.2, 0) is 0 Å². The number of nitrogens with zero attached hydrogens (tertiary/aromatic N) is 3. The Hall–Kier alpha value is -1.18. The highest BCUT2D eigenvalue weighted by Gasteiger charge is 2.24. The molecule has 7 nitrogen and oxygen atoms in total. The van der Waals surface area contributed by atoms with Gasteiger partial charge in [-0.1, -0.05) is 0 Å². The monoisotopic (exact) mass is 276 g/mol. The Balaban J connectivity index is 2.92. The van der Waals surface area contributed by atoms with E-state index in [9.17, 15) is 10.2 Å². The Morgan fingerprint density at radius 3 is 2.39 bits per heavy atom. The van der Waals surface area contributed by atoms with Crippen LogP contribution in [0.3, 0.4) is 0 Å². The van der Waals surface area contributed by atoms with E-state index in [1.165, 1.54) is 0 Å². The van der Waals surface area contributed by atoms with Crippen molar-refractivity contribution in [3.8, 4) is 6.01 Å². The maximum absolute atomic E-state index is 9.17. The first-order chi connectivity index (χ1) is 8.38. The first-order valence-electron chi connectivity index (χ1n) is 5.46. The third kappa shape index (κ3) is 4.25. The summed E-state index contributed by atoms with van der Waals surface area (Å²) in [5.41, 5.74) is -0.945. The number of aliphatic hydroxyl groups excluding tert-OH is 2. The van der Waals surface area contributed by atoms with Crippen LogP contribution in [0.1, 0.15) is 20.8 Å². The molecule has 0 unspecified atom stereocenters. The number of hydrogen-bond acceptors (Lipinski definition) is 7. The largest absolute Gasteiger partial charge is 0.461 e. The second kappa shape index (κ2) is 6.12.